The molecule has 0 fully saturated rings. The Morgan fingerprint density at radius 2 is 2.31 bits per heavy atom. The predicted molar refractivity (Wildman–Crippen MR) is 62.5 cm³/mol. The van der Waals surface area contributed by atoms with Crippen LogP contribution >= 0.6 is 15.9 Å². The number of nitrogens with zero attached hydrogens (tertiary/aromatic N) is 1. The van der Waals surface area contributed by atoms with E-state index in [-0.39, 0.29) is 5.82 Å². The largest absolute Gasteiger partial charge is 0.372 e. The van der Waals surface area contributed by atoms with Gasteiger partial charge in [-0.3, -0.25) is 0 Å². The van der Waals surface area contributed by atoms with Gasteiger partial charge in [-0.15, -0.1) is 0 Å². The number of hydrogen-bond donors (Lipinski definition) is 2. The number of hydrogen-bond acceptors (Lipinski definition) is 3. The van der Waals surface area contributed by atoms with Gasteiger partial charge in [0.25, 0.3) is 0 Å². The molecule has 1 aromatic carbocycles. The van der Waals surface area contributed by atoms with Gasteiger partial charge in [0.1, 0.15) is 18.2 Å². The molecular weight excluding hydrogens is 277 g/mol. The third-order valence-electron chi connectivity index (χ3n) is 2.07. The normalized spacial score (nSPS) is 11.2. The van der Waals surface area contributed by atoms with Crippen molar-refractivity contribution in [3.05, 3.63) is 28.2 Å². The zero-order chi connectivity index (χ0) is 11.5. The Morgan fingerprint density at radius 3 is 3.06 bits per heavy atom. The fraction of sp³-hybridized carbons (Fsp3) is 0.300. The maximum Gasteiger partial charge on any atom is 0.139 e. The lowest BCUT2D eigenvalue weighted by atomic mass is 10.3. The minimum Gasteiger partial charge on any atom is -0.372 e. The van der Waals surface area contributed by atoms with Crippen LogP contribution in [0, 0.1) is 5.82 Å². The second-order valence-electron chi connectivity index (χ2n) is 3.31. The van der Waals surface area contributed by atoms with E-state index in [1.807, 2.05) is 0 Å². The Bertz CT molecular complexity index is 461. The Kier molecular flexibility index (Phi) is 3.52. The lowest BCUT2D eigenvalue weighted by Crippen LogP contribution is -2.08. The van der Waals surface area contributed by atoms with E-state index in [2.05, 4.69) is 25.9 Å². The Hall–Kier alpha value is -0.980. The fourth-order valence-electron chi connectivity index (χ4n) is 1.38. The van der Waals surface area contributed by atoms with Crippen LogP contribution in [0.2, 0.25) is 0 Å². The molecule has 0 spiro atoms. The van der Waals surface area contributed by atoms with Gasteiger partial charge in [-0.05, 0) is 22.0 Å². The van der Waals surface area contributed by atoms with Crippen LogP contribution in [0.15, 0.2) is 16.6 Å². The average Bonchev–Trinajstić information content (AvgIpc) is 2.61. The molecule has 3 N–H and O–H groups in total. The first-order valence-corrected chi connectivity index (χ1v) is 5.61. The molecule has 86 valence electrons. The molecule has 0 saturated heterocycles. The number of ether oxygens (including phenoxy) is 1. The van der Waals surface area contributed by atoms with Crippen LogP contribution in [0.5, 0.6) is 0 Å². The molecule has 0 radical (unpaired) electrons. The van der Waals surface area contributed by atoms with Crippen LogP contribution in [0.4, 0.5) is 4.39 Å². The molecule has 0 amide bonds. The smallest absolute Gasteiger partial charge is 0.139 e. The topological polar surface area (TPSA) is 63.9 Å². The molecule has 4 nitrogen and oxygen atoms in total. The van der Waals surface area contributed by atoms with E-state index in [1.165, 1.54) is 6.07 Å². The van der Waals surface area contributed by atoms with Gasteiger partial charge in [0.15, 0.2) is 0 Å². The summed E-state index contributed by atoms with van der Waals surface area (Å²) in [6, 6.07) is 3.03. The molecule has 1 aromatic heterocycles. The van der Waals surface area contributed by atoms with Gasteiger partial charge in [-0.2, -0.15) is 0 Å². The van der Waals surface area contributed by atoms with Gasteiger partial charge in [0.2, 0.25) is 0 Å². The molecule has 6 heteroatoms. The van der Waals surface area contributed by atoms with Crippen molar-refractivity contribution in [2.24, 2.45) is 5.73 Å². The molecule has 0 atom stereocenters. The van der Waals surface area contributed by atoms with Crippen molar-refractivity contribution < 1.29 is 9.13 Å². The van der Waals surface area contributed by atoms with Crippen molar-refractivity contribution in [2.75, 3.05) is 13.2 Å². The summed E-state index contributed by atoms with van der Waals surface area (Å²) in [5.74, 6) is 0.353. The van der Waals surface area contributed by atoms with Gasteiger partial charge >= 0.3 is 0 Å². The minimum absolute atomic E-state index is 0.314. The number of aromatic nitrogens is 2. The Labute approximate surface area is 100 Å². The van der Waals surface area contributed by atoms with Gasteiger partial charge in [-0.1, -0.05) is 0 Å². The summed E-state index contributed by atoms with van der Waals surface area (Å²) < 4.78 is 18.9. The highest BCUT2D eigenvalue weighted by Crippen LogP contribution is 2.21. The molecule has 16 heavy (non-hydrogen) atoms. The lowest BCUT2D eigenvalue weighted by molar-refractivity contribution is 0.123. The summed E-state index contributed by atoms with van der Waals surface area (Å²) in [7, 11) is 0. The predicted octanol–water partition coefficient (Wildman–Crippen LogP) is 1.94. The number of rotatable bonds is 4. The molecule has 0 saturated carbocycles. The van der Waals surface area contributed by atoms with E-state index in [1.54, 1.807) is 6.07 Å². The number of H-pyrrole nitrogens is 1. The highest BCUT2D eigenvalue weighted by molar-refractivity contribution is 9.10. The second-order valence-corrected chi connectivity index (χ2v) is 4.16. The number of nitrogens with one attached hydrogen (secondary N) is 1. The molecule has 2 rings (SSSR count). The molecular formula is C10H11BrFN3O. The van der Waals surface area contributed by atoms with Crippen molar-refractivity contribution in [2.45, 2.75) is 6.61 Å². The van der Waals surface area contributed by atoms with Crippen LogP contribution in [-0.4, -0.2) is 23.1 Å². The highest BCUT2D eigenvalue weighted by Gasteiger charge is 2.07. The first-order chi connectivity index (χ1) is 7.70. The minimum atomic E-state index is -0.314. The number of benzene rings is 1. The van der Waals surface area contributed by atoms with Crippen LogP contribution in [0.25, 0.3) is 11.0 Å². The summed E-state index contributed by atoms with van der Waals surface area (Å²) in [6.07, 6.45) is 0. The van der Waals surface area contributed by atoms with E-state index >= 15 is 0 Å². The quantitative estimate of drug-likeness (QED) is 0.845. The number of imidazole rings is 1. The monoisotopic (exact) mass is 287 g/mol. The average molecular weight is 288 g/mol. The van der Waals surface area contributed by atoms with Crippen LogP contribution < -0.4 is 5.73 Å². The van der Waals surface area contributed by atoms with Gasteiger partial charge in [0, 0.05) is 12.6 Å². The van der Waals surface area contributed by atoms with Crippen LogP contribution in [0.3, 0.4) is 0 Å². The number of aromatic amines is 1. The maximum atomic E-state index is 13.2. The zero-order valence-corrected chi connectivity index (χ0v) is 10.1. The number of halogens is 2. The van der Waals surface area contributed by atoms with Crippen LogP contribution in [-0.2, 0) is 11.3 Å². The number of fused-ring (bicyclic) bond motifs is 1. The molecule has 1 heterocycles. The summed E-state index contributed by atoms with van der Waals surface area (Å²) >= 11 is 3.11. The van der Waals surface area contributed by atoms with Gasteiger partial charge in [-0.25, -0.2) is 9.37 Å². The third-order valence-corrected chi connectivity index (χ3v) is 2.68. The molecule has 0 aliphatic heterocycles. The van der Waals surface area contributed by atoms with Crippen molar-refractivity contribution in [1.29, 1.82) is 0 Å². The van der Waals surface area contributed by atoms with E-state index in [9.17, 15) is 4.39 Å². The van der Waals surface area contributed by atoms with Crippen molar-refractivity contribution in [3.63, 3.8) is 0 Å². The van der Waals surface area contributed by atoms with E-state index < -0.39 is 0 Å². The van der Waals surface area contributed by atoms with E-state index in [4.69, 9.17) is 10.5 Å². The maximum absolute atomic E-state index is 13.2. The summed E-state index contributed by atoms with van der Waals surface area (Å²) in [6.45, 7) is 1.31. The second kappa shape index (κ2) is 4.90. The molecule has 0 aliphatic rings. The molecule has 2 aromatic rings. The Balaban J connectivity index is 2.23. The highest BCUT2D eigenvalue weighted by atomic mass is 79.9. The molecule has 0 aliphatic carbocycles. The van der Waals surface area contributed by atoms with E-state index in [0.717, 1.165) is 0 Å². The molecule has 0 bridgehead atoms. The summed E-state index contributed by atoms with van der Waals surface area (Å²) in [5.41, 5.74) is 6.66. The first-order valence-electron chi connectivity index (χ1n) is 4.82. The fourth-order valence-corrected chi connectivity index (χ4v) is 1.71. The van der Waals surface area contributed by atoms with Crippen LogP contribution in [0.1, 0.15) is 5.82 Å². The SMILES string of the molecule is NCCOCc1nc2cc(Br)c(F)cc2[nH]1. The van der Waals surface area contributed by atoms with Crippen molar-refractivity contribution >= 4 is 27.0 Å². The van der Waals surface area contributed by atoms with Gasteiger partial charge < -0.3 is 15.5 Å². The summed E-state index contributed by atoms with van der Waals surface area (Å²) in [4.78, 5) is 7.25. The van der Waals surface area contributed by atoms with E-state index in [0.29, 0.717) is 41.1 Å². The standard InChI is InChI=1S/C10H11BrFN3O/c11-6-3-8-9(4-7(6)12)15-10(14-8)5-16-2-1-13/h3-4H,1-2,5,13H2,(H,14,15). The zero-order valence-electron chi connectivity index (χ0n) is 8.46. The van der Waals surface area contributed by atoms with Crippen molar-refractivity contribution in [1.82, 2.24) is 9.97 Å². The lowest BCUT2D eigenvalue weighted by Gasteiger charge is -1.97. The molecule has 0 unspecified atom stereocenters. The van der Waals surface area contributed by atoms with Crippen molar-refractivity contribution in [3.8, 4) is 0 Å². The Morgan fingerprint density at radius 1 is 1.50 bits per heavy atom. The van der Waals surface area contributed by atoms with Gasteiger partial charge in [0.05, 0.1) is 22.1 Å². The third kappa shape index (κ3) is 2.40. The first kappa shape index (κ1) is 11.5. The number of nitrogens with two attached hydrogens (primary N) is 1. The summed E-state index contributed by atoms with van der Waals surface area (Å²) in [5, 5.41) is 0.